The molecule has 1 saturated carbocycles. The fourth-order valence-electron chi connectivity index (χ4n) is 2.73. The molecule has 0 radical (unpaired) electrons. The molecule has 2 rings (SSSR count). The minimum Gasteiger partial charge on any atom is -0.338 e. The van der Waals surface area contributed by atoms with Gasteiger partial charge in [-0.05, 0) is 32.6 Å². The number of rotatable bonds is 4. The highest BCUT2D eigenvalue weighted by molar-refractivity contribution is 5.82. The molecule has 1 saturated heterocycles. The van der Waals surface area contributed by atoms with E-state index in [1.807, 2.05) is 9.80 Å². The molecule has 1 heterocycles. The second-order valence-electron chi connectivity index (χ2n) is 5.52. The molecule has 2 fully saturated rings. The van der Waals surface area contributed by atoms with Gasteiger partial charge in [0, 0.05) is 32.1 Å². The molecule has 2 amide bonds. The number of hydrogen-bond acceptors (Lipinski definition) is 3. The number of likely N-dealkylation sites (tertiary alicyclic amines) is 1. The van der Waals surface area contributed by atoms with Crippen molar-refractivity contribution in [3.8, 4) is 0 Å². The zero-order chi connectivity index (χ0) is 13.3. The number of carbonyl (C=O) groups excluding carboxylic acids is 2. The van der Waals surface area contributed by atoms with Gasteiger partial charge in [0.2, 0.25) is 11.8 Å². The van der Waals surface area contributed by atoms with Crippen LogP contribution in [0.3, 0.4) is 0 Å². The third-order valence-corrected chi connectivity index (χ3v) is 3.85. The lowest BCUT2D eigenvalue weighted by molar-refractivity contribution is -0.136. The van der Waals surface area contributed by atoms with Gasteiger partial charge >= 0.3 is 0 Å². The second kappa shape index (κ2) is 5.26. The quantitative estimate of drug-likeness (QED) is 0.785. The van der Waals surface area contributed by atoms with Gasteiger partial charge in [0.1, 0.15) is 0 Å². The van der Waals surface area contributed by atoms with Gasteiger partial charge in [-0.3, -0.25) is 9.59 Å². The molecule has 5 heteroatoms. The van der Waals surface area contributed by atoms with Gasteiger partial charge in [0.05, 0.1) is 6.04 Å². The zero-order valence-corrected chi connectivity index (χ0v) is 11.3. The van der Waals surface area contributed by atoms with E-state index >= 15 is 0 Å². The first kappa shape index (κ1) is 13.3. The largest absolute Gasteiger partial charge is 0.338 e. The summed E-state index contributed by atoms with van der Waals surface area (Å²) < 4.78 is 0. The highest BCUT2D eigenvalue weighted by Crippen LogP contribution is 2.29. The summed E-state index contributed by atoms with van der Waals surface area (Å²) in [5.41, 5.74) is 5.67. The van der Waals surface area contributed by atoms with E-state index in [9.17, 15) is 9.59 Å². The fraction of sp³-hybridized carbons (Fsp3) is 0.846. The van der Waals surface area contributed by atoms with Crippen LogP contribution in [-0.2, 0) is 9.59 Å². The van der Waals surface area contributed by atoms with E-state index < -0.39 is 6.04 Å². The van der Waals surface area contributed by atoms with Crippen LogP contribution in [0.25, 0.3) is 0 Å². The number of amides is 2. The lowest BCUT2D eigenvalue weighted by Crippen LogP contribution is -2.49. The molecule has 0 aromatic carbocycles. The van der Waals surface area contributed by atoms with Crippen LogP contribution < -0.4 is 5.73 Å². The summed E-state index contributed by atoms with van der Waals surface area (Å²) in [5, 5.41) is 0. The Morgan fingerprint density at radius 2 is 2.06 bits per heavy atom. The van der Waals surface area contributed by atoms with E-state index in [2.05, 4.69) is 0 Å². The molecule has 2 unspecified atom stereocenters. The SMILES string of the molecule is CC(=O)N(CC1CCCN1C(=O)C(C)N)C1CC1. The maximum Gasteiger partial charge on any atom is 0.239 e. The molecule has 2 N–H and O–H groups in total. The Bertz CT molecular complexity index is 339. The molecule has 0 spiro atoms. The Morgan fingerprint density at radius 3 is 2.56 bits per heavy atom. The minimum absolute atomic E-state index is 0.0109. The molecular weight excluding hydrogens is 230 g/mol. The van der Waals surface area contributed by atoms with Gasteiger partial charge in [-0.1, -0.05) is 0 Å². The summed E-state index contributed by atoms with van der Waals surface area (Å²) in [5.74, 6) is 0.134. The molecule has 2 aliphatic rings. The maximum atomic E-state index is 12.0. The predicted octanol–water partition coefficient (Wildman–Crippen LogP) is 0.336. The van der Waals surface area contributed by atoms with Crippen LogP contribution >= 0.6 is 0 Å². The first-order chi connectivity index (χ1) is 8.50. The lowest BCUT2D eigenvalue weighted by Gasteiger charge is -2.31. The van der Waals surface area contributed by atoms with Crippen LogP contribution in [0.2, 0.25) is 0 Å². The van der Waals surface area contributed by atoms with Crippen LogP contribution in [0, 0.1) is 0 Å². The minimum atomic E-state index is -0.447. The lowest BCUT2D eigenvalue weighted by atomic mass is 10.2. The second-order valence-corrected chi connectivity index (χ2v) is 5.52. The van der Waals surface area contributed by atoms with Gasteiger partial charge in [-0.2, -0.15) is 0 Å². The van der Waals surface area contributed by atoms with E-state index in [4.69, 9.17) is 5.73 Å². The Balaban J connectivity index is 1.98. The molecular formula is C13H23N3O2. The van der Waals surface area contributed by atoms with E-state index in [0.717, 1.165) is 32.2 Å². The zero-order valence-electron chi connectivity index (χ0n) is 11.3. The Kier molecular flexibility index (Phi) is 3.90. The topological polar surface area (TPSA) is 66.6 Å². The predicted molar refractivity (Wildman–Crippen MR) is 68.8 cm³/mol. The number of carbonyl (C=O) groups is 2. The summed E-state index contributed by atoms with van der Waals surface area (Å²) in [4.78, 5) is 27.4. The van der Waals surface area contributed by atoms with Gasteiger partial charge in [-0.25, -0.2) is 0 Å². The molecule has 1 aliphatic heterocycles. The summed E-state index contributed by atoms with van der Waals surface area (Å²) in [6, 6.07) is 0.126. The van der Waals surface area contributed by atoms with Crippen LogP contribution in [0.1, 0.15) is 39.5 Å². The average Bonchev–Trinajstić information content (AvgIpc) is 3.03. The summed E-state index contributed by atoms with van der Waals surface area (Å²) in [6.45, 7) is 4.80. The number of nitrogens with zero attached hydrogens (tertiary/aromatic N) is 2. The van der Waals surface area contributed by atoms with Gasteiger partial charge in [0.15, 0.2) is 0 Å². The Morgan fingerprint density at radius 1 is 1.39 bits per heavy atom. The summed E-state index contributed by atoms with van der Waals surface area (Å²) in [6.07, 6.45) is 4.20. The fourth-order valence-corrected chi connectivity index (χ4v) is 2.73. The standard InChI is InChI=1S/C13H23N3O2/c1-9(14)13(18)15-7-3-4-12(15)8-16(10(2)17)11-5-6-11/h9,11-12H,3-8,14H2,1-2H3. The molecule has 102 valence electrons. The molecule has 0 aromatic heterocycles. The molecule has 18 heavy (non-hydrogen) atoms. The van der Waals surface area contributed by atoms with Crippen molar-refractivity contribution >= 4 is 11.8 Å². The monoisotopic (exact) mass is 253 g/mol. The van der Waals surface area contributed by atoms with Gasteiger partial charge in [-0.15, -0.1) is 0 Å². The smallest absolute Gasteiger partial charge is 0.239 e. The van der Waals surface area contributed by atoms with E-state index in [0.29, 0.717) is 12.6 Å². The van der Waals surface area contributed by atoms with E-state index in [1.54, 1.807) is 13.8 Å². The van der Waals surface area contributed by atoms with Gasteiger partial charge < -0.3 is 15.5 Å². The van der Waals surface area contributed by atoms with Crippen LogP contribution in [0.4, 0.5) is 0 Å². The van der Waals surface area contributed by atoms with Crippen molar-refractivity contribution in [2.45, 2.75) is 57.7 Å². The summed E-state index contributed by atoms with van der Waals surface area (Å²) >= 11 is 0. The molecule has 1 aliphatic carbocycles. The van der Waals surface area contributed by atoms with Gasteiger partial charge in [0.25, 0.3) is 0 Å². The Hall–Kier alpha value is -1.10. The normalized spacial score (nSPS) is 25.1. The highest BCUT2D eigenvalue weighted by atomic mass is 16.2. The third-order valence-electron chi connectivity index (χ3n) is 3.85. The first-order valence-corrected chi connectivity index (χ1v) is 6.84. The van der Waals surface area contributed by atoms with Crippen molar-refractivity contribution in [3.63, 3.8) is 0 Å². The average molecular weight is 253 g/mol. The first-order valence-electron chi connectivity index (χ1n) is 6.84. The summed E-state index contributed by atoms with van der Waals surface area (Å²) in [7, 11) is 0. The van der Waals surface area contributed by atoms with Crippen molar-refractivity contribution in [2.75, 3.05) is 13.1 Å². The van der Waals surface area contributed by atoms with Crippen molar-refractivity contribution < 1.29 is 9.59 Å². The number of hydrogen-bond donors (Lipinski definition) is 1. The van der Waals surface area contributed by atoms with Crippen molar-refractivity contribution in [3.05, 3.63) is 0 Å². The van der Waals surface area contributed by atoms with Crippen LogP contribution in [-0.4, -0.2) is 52.8 Å². The molecule has 5 nitrogen and oxygen atoms in total. The Labute approximate surface area is 108 Å². The number of nitrogens with two attached hydrogens (primary N) is 1. The van der Waals surface area contributed by atoms with Crippen molar-refractivity contribution in [2.24, 2.45) is 5.73 Å². The highest BCUT2D eigenvalue weighted by Gasteiger charge is 2.36. The third kappa shape index (κ3) is 2.83. The molecule has 2 atom stereocenters. The van der Waals surface area contributed by atoms with Crippen LogP contribution in [0.15, 0.2) is 0 Å². The van der Waals surface area contributed by atoms with E-state index in [-0.39, 0.29) is 17.9 Å². The van der Waals surface area contributed by atoms with Crippen LogP contribution in [0.5, 0.6) is 0 Å². The molecule has 0 aromatic rings. The maximum absolute atomic E-state index is 12.0. The molecule has 0 bridgehead atoms. The van der Waals surface area contributed by atoms with E-state index in [1.165, 1.54) is 0 Å². The van der Waals surface area contributed by atoms with Crippen molar-refractivity contribution in [1.82, 2.24) is 9.80 Å². The van der Waals surface area contributed by atoms with Crippen molar-refractivity contribution in [1.29, 1.82) is 0 Å².